The number of aliphatic hydroxyl groups excluding tert-OH is 1. The third kappa shape index (κ3) is 3.68. The van der Waals surface area contributed by atoms with Gasteiger partial charge in [-0.05, 0) is 30.2 Å². The maximum absolute atomic E-state index is 13.8. The second-order valence-corrected chi connectivity index (χ2v) is 4.95. The maximum atomic E-state index is 13.8. The molecular weight excluding hydrogens is 288 g/mol. The highest BCUT2D eigenvalue weighted by atomic mass is 19.1. The fraction of sp³-hybridized carbons (Fsp3) is 0.235. The minimum absolute atomic E-state index is 0.0658. The number of nitrogens with one attached hydrogen (secondary N) is 1. The van der Waals surface area contributed by atoms with Crippen LogP contribution in [0.15, 0.2) is 48.5 Å². The summed E-state index contributed by atoms with van der Waals surface area (Å²) in [6.45, 7) is 1.74. The summed E-state index contributed by atoms with van der Waals surface area (Å²) in [4.78, 5) is 12.1. The molecule has 0 aliphatic heterocycles. The van der Waals surface area contributed by atoms with Crippen LogP contribution in [-0.4, -0.2) is 11.0 Å². The molecule has 0 heterocycles. The number of hydrogen-bond acceptors (Lipinski definition) is 2. The number of benzene rings is 2. The summed E-state index contributed by atoms with van der Waals surface area (Å²) in [5.41, 5.74) is 0.505. The zero-order valence-corrected chi connectivity index (χ0v) is 12.1. The van der Waals surface area contributed by atoms with Crippen LogP contribution in [0.1, 0.15) is 36.6 Å². The van der Waals surface area contributed by atoms with Crippen molar-refractivity contribution in [3.8, 4) is 0 Å². The third-order valence-corrected chi connectivity index (χ3v) is 3.42. The second kappa shape index (κ2) is 7.13. The molecule has 0 spiro atoms. The average Bonchev–Trinajstić information content (AvgIpc) is 2.55. The Hall–Kier alpha value is -2.27. The normalized spacial score (nSPS) is 13.5. The molecule has 1 amide bonds. The molecule has 22 heavy (non-hydrogen) atoms. The van der Waals surface area contributed by atoms with Gasteiger partial charge in [-0.2, -0.15) is 0 Å². The van der Waals surface area contributed by atoms with Crippen LogP contribution in [0, 0.1) is 11.6 Å². The number of carbonyl (C=O) groups excluding carboxylic acids is 1. The van der Waals surface area contributed by atoms with E-state index in [1.807, 2.05) is 0 Å². The van der Waals surface area contributed by atoms with Gasteiger partial charge in [0.1, 0.15) is 11.6 Å². The van der Waals surface area contributed by atoms with Gasteiger partial charge in [0, 0.05) is 5.56 Å². The largest absolute Gasteiger partial charge is 0.378 e. The van der Waals surface area contributed by atoms with Gasteiger partial charge in [0.05, 0.1) is 6.04 Å². The number of rotatable bonds is 5. The molecule has 116 valence electrons. The van der Waals surface area contributed by atoms with Gasteiger partial charge in [-0.15, -0.1) is 0 Å². The van der Waals surface area contributed by atoms with E-state index >= 15 is 0 Å². The number of hydrogen-bond donors (Lipinski definition) is 2. The van der Waals surface area contributed by atoms with Crippen LogP contribution in [0.2, 0.25) is 0 Å². The van der Waals surface area contributed by atoms with Crippen LogP contribution in [0.5, 0.6) is 0 Å². The van der Waals surface area contributed by atoms with Crippen LogP contribution in [0.25, 0.3) is 0 Å². The van der Waals surface area contributed by atoms with Gasteiger partial charge in [0.15, 0.2) is 6.10 Å². The lowest BCUT2D eigenvalue weighted by molar-refractivity contribution is -0.130. The van der Waals surface area contributed by atoms with E-state index in [0.29, 0.717) is 12.0 Å². The van der Waals surface area contributed by atoms with E-state index in [2.05, 4.69) is 5.32 Å². The first kappa shape index (κ1) is 16.1. The lowest BCUT2D eigenvalue weighted by Gasteiger charge is -2.20. The molecule has 0 saturated heterocycles. The van der Waals surface area contributed by atoms with Crippen LogP contribution < -0.4 is 5.32 Å². The number of aliphatic hydroxyl groups is 1. The Morgan fingerprint density at radius 1 is 1.18 bits per heavy atom. The fourth-order valence-electron chi connectivity index (χ4n) is 2.22. The topological polar surface area (TPSA) is 49.3 Å². The van der Waals surface area contributed by atoms with Crippen LogP contribution in [0.4, 0.5) is 8.78 Å². The van der Waals surface area contributed by atoms with Gasteiger partial charge < -0.3 is 10.4 Å². The SMILES string of the molecule is CCC(NC(=O)C(O)c1ccccc1)c1cc(F)ccc1F. The standard InChI is InChI=1S/C17H17F2NO2/c1-2-15(13-10-12(18)8-9-14(13)19)20-17(22)16(21)11-6-4-3-5-7-11/h3-10,15-16,21H,2H2,1H3,(H,20,22). The molecule has 0 radical (unpaired) electrons. The van der Waals surface area contributed by atoms with Gasteiger partial charge in [-0.1, -0.05) is 37.3 Å². The lowest BCUT2D eigenvalue weighted by Crippen LogP contribution is -2.33. The van der Waals surface area contributed by atoms with E-state index < -0.39 is 29.7 Å². The zero-order valence-electron chi connectivity index (χ0n) is 12.1. The monoisotopic (exact) mass is 305 g/mol. The summed E-state index contributed by atoms with van der Waals surface area (Å²) >= 11 is 0. The summed E-state index contributed by atoms with van der Waals surface area (Å²) in [5, 5.41) is 12.6. The van der Waals surface area contributed by atoms with E-state index in [-0.39, 0.29) is 5.56 Å². The minimum atomic E-state index is -1.35. The van der Waals surface area contributed by atoms with Gasteiger partial charge in [-0.3, -0.25) is 4.79 Å². The van der Waals surface area contributed by atoms with E-state index in [9.17, 15) is 18.7 Å². The van der Waals surface area contributed by atoms with Crippen molar-refractivity contribution in [2.45, 2.75) is 25.5 Å². The smallest absolute Gasteiger partial charge is 0.253 e. The maximum Gasteiger partial charge on any atom is 0.253 e. The molecule has 2 N–H and O–H groups in total. The van der Waals surface area contributed by atoms with Crippen LogP contribution in [-0.2, 0) is 4.79 Å². The first-order valence-corrected chi connectivity index (χ1v) is 7.01. The molecule has 2 unspecified atom stereocenters. The molecule has 0 aliphatic rings. The van der Waals surface area contributed by atoms with Crippen LogP contribution >= 0.6 is 0 Å². The van der Waals surface area contributed by atoms with E-state index in [4.69, 9.17) is 0 Å². The van der Waals surface area contributed by atoms with Gasteiger partial charge in [0.2, 0.25) is 0 Å². The molecule has 0 aliphatic carbocycles. The second-order valence-electron chi connectivity index (χ2n) is 4.95. The Labute approximate surface area is 127 Å². The average molecular weight is 305 g/mol. The molecular formula is C17H17F2NO2. The molecule has 0 aromatic heterocycles. The highest BCUT2D eigenvalue weighted by molar-refractivity contribution is 5.82. The highest BCUT2D eigenvalue weighted by Gasteiger charge is 2.22. The Bertz CT molecular complexity index is 646. The summed E-state index contributed by atoms with van der Waals surface area (Å²) in [6, 6.07) is 10.8. The van der Waals surface area contributed by atoms with Crippen molar-refractivity contribution >= 4 is 5.91 Å². The predicted octanol–water partition coefficient (Wildman–Crippen LogP) is 3.27. The first-order chi connectivity index (χ1) is 10.5. The van der Waals surface area contributed by atoms with Crippen molar-refractivity contribution in [2.75, 3.05) is 0 Å². The van der Waals surface area contributed by atoms with Crippen molar-refractivity contribution in [3.05, 3.63) is 71.3 Å². The van der Waals surface area contributed by atoms with Crippen molar-refractivity contribution in [1.29, 1.82) is 0 Å². The summed E-state index contributed by atoms with van der Waals surface area (Å²) < 4.78 is 27.1. The van der Waals surface area contributed by atoms with E-state index in [1.165, 1.54) is 0 Å². The minimum Gasteiger partial charge on any atom is -0.378 e. The van der Waals surface area contributed by atoms with Crippen molar-refractivity contribution in [3.63, 3.8) is 0 Å². The highest BCUT2D eigenvalue weighted by Crippen LogP contribution is 2.22. The fourth-order valence-corrected chi connectivity index (χ4v) is 2.22. The summed E-state index contributed by atoms with van der Waals surface area (Å²) in [5.74, 6) is -1.82. The molecule has 5 heteroatoms. The molecule has 0 saturated carbocycles. The zero-order chi connectivity index (χ0) is 16.1. The summed E-state index contributed by atoms with van der Waals surface area (Å²) in [7, 11) is 0. The molecule has 2 rings (SSSR count). The number of amides is 1. The Kier molecular flexibility index (Phi) is 5.22. The molecule has 2 atom stereocenters. The van der Waals surface area contributed by atoms with Crippen LogP contribution in [0.3, 0.4) is 0 Å². The van der Waals surface area contributed by atoms with Gasteiger partial charge in [-0.25, -0.2) is 8.78 Å². The van der Waals surface area contributed by atoms with E-state index in [0.717, 1.165) is 18.2 Å². The molecule has 0 fully saturated rings. The number of carbonyl (C=O) groups is 1. The lowest BCUT2D eigenvalue weighted by atomic mass is 10.0. The molecule has 2 aromatic carbocycles. The van der Waals surface area contributed by atoms with Crippen molar-refractivity contribution in [2.24, 2.45) is 0 Å². The van der Waals surface area contributed by atoms with Crippen molar-refractivity contribution in [1.82, 2.24) is 5.32 Å². The molecule has 3 nitrogen and oxygen atoms in total. The van der Waals surface area contributed by atoms with E-state index in [1.54, 1.807) is 37.3 Å². The molecule has 2 aromatic rings. The Morgan fingerprint density at radius 2 is 1.86 bits per heavy atom. The Morgan fingerprint density at radius 3 is 2.50 bits per heavy atom. The quantitative estimate of drug-likeness (QED) is 0.891. The molecule has 0 bridgehead atoms. The Balaban J connectivity index is 2.16. The van der Waals surface area contributed by atoms with Gasteiger partial charge in [0.25, 0.3) is 5.91 Å². The first-order valence-electron chi connectivity index (χ1n) is 7.01. The predicted molar refractivity (Wildman–Crippen MR) is 78.9 cm³/mol. The third-order valence-electron chi connectivity index (χ3n) is 3.42. The van der Waals surface area contributed by atoms with Gasteiger partial charge >= 0.3 is 0 Å². The number of halogens is 2. The summed E-state index contributed by atoms with van der Waals surface area (Å²) in [6.07, 6.45) is -0.986. The van der Waals surface area contributed by atoms with Crippen molar-refractivity contribution < 1.29 is 18.7 Å².